The molecule has 29 heavy (non-hydrogen) atoms. The number of para-hydroxylation sites is 1. The molecular formula is C23H38IN3O2. The Morgan fingerprint density at radius 3 is 2.48 bits per heavy atom. The molecule has 2 fully saturated rings. The van der Waals surface area contributed by atoms with Crippen molar-refractivity contribution in [3.05, 3.63) is 30.3 Å². The van der Waals surface area contributed by atoms with Gasteiger partial charge in [0, 0.05) is 52.7 Å². The van der Waals surface area contributed by atoms with Gasteiger partial charge in [-0.3, -0.25) is 4.99 Å². The first-order valence-electron chi connectivity index (χ1n) is 11.0. The largest absolute Gasteiger partial charge is 0.490 e. The van der Waals surface area contributed by atoms with E-state index in [1.807, 2.05) is 37.4 Å². The van der Waals surface area contributed by atoms with E-state index in [4.69, 9.17) is 9.47 Å². The molecule has 1 saturated heterocycles. The first-order chi connectivity index (χ1) is 13.7. The molecule has 0 unspecified atom stereocenters. The quantitative estimate of drug-likeness (QED) is 0.236. The summed E-state index contributed by atoms with van der Waals surface area (Å²) in [6.45, 7) is 6.75. The minimum atomic E-state index is 0. The molecule has 6 heteroatoms. The molecule has 1 N–H and O–H groups in total. The normalized spacial score (nSPS) is 19.7. The minimum absolute atomic E-state index is 0. The molecule has 1 aromatic carbocycles. The fourth-order valence-corrected chi connectivity index (χ4v) is 4.55. The van der Waals surface area contributed by atoms with E-state index in [1.54, 1.807) is 0 Å². The molecule has 0 spiro atoms. The maximum absolute atomic E-state index is 6.13. The van der Waals surface area contributed by atoms with Gasteiger partial charge in [0.15, 0.2) is 5.96 Å². The van der Waals surface area contributed by atoms with Gasteiger partial charge in [-0.1, -0.05) is 31.0 Å². The second kappa shape index (κ2) is 12.6. The van der Waals surface area contributed by atoms with Crippen molar-refractivity contribution in [2.75, 3.05) is 39.9 Å². The number of likely N-dealkylation sites (tertiary alicyclic amines) is 1. The maximum atomic E-state index is 6.13. The number of benzene rings is 1. The Bertz CT molecular complexity index is 597. The number of ether oxygens (including phenoxy) is 2. The summed E-state index contributed by atoms with van der Waals surface area (Å²) in [5.74, 6) is 2.02. The number of nitrogens with zero attached hydrogens (tertiary/aromatic N) is 2. The van der Waals surface area contributed by atoms with E-state index in [0.717, 1.165) is 63.8 Å². The van der Waals surface area contributed by atoms with Crippen molar-refractivity contribution >= 4 is 29.9 Å². The van der Waals surface area contributed by atoms with Crippen LogP contribution in [0.25, 0.3) is 0 Å². The third-order valence-electron chi connectivity index (χ3n) is 6.27. The monoisotopic (exact) mass is 515 g/mol. The van der Waals surface area contributed by atoms with E-state index >= 15 is 0 Å². The fraction of sp³-hybridized carbons (Fsp3) is 0.696. The van der Waals surface area contributed by atoms with Crippen LogP contribution in [0.5, 0.6) is 5.75 Å². The summed E-state index contributed by atoms with van der Waals surface area (Å²) in [7, 11) is 1.90. The van der Waals surface area contributed by atoms with Gasteiger partial charge in [-0.25, -0.2) is 0 Å². The van der Waals surface area contributed by atoms with Crippen molar-refractivity contribution in [3.63, 3.8) is 0 Å². The van der Waals surface area contributed by atoms with Crippen molar-refractivity contribution in [2.24, 2.45) is 10.4 Å². The summed E-state index contributed by atoms with van der Waals surface area (Å²) < 4.78 is 11.8. The zero-order valence-electron chi connectivity index (χ0n) is 18.1. The lowest BCUT2D eigenvalue weighted by Crippen LogP contribution is -2.49. The summed E-state index contributed by atoms with van der Waals surface area (Å²) in [6, 6.07) is 10.2. The fourth-order valence-electron chi connectivity index (χ4n) is 4.55. The van der Waals surface area contributed by atoms with Crippen LogP contribution in [0.4, 0.5) is 0 Å². The van der Waals surface area contributed by atoms with Crippen LogP contribution in [-0.4, -0.2) is 56.9 Å². The zero-order chi connectivity index (χ0) is 19.7. The molecule has 0 amide bonds. The van der Waals surface area contributed by atoms with E-state index < -0.39 is 0 Å². The Kier molecular flexibility index (Phi) is 10.6. The molecule has 5 nitrogen and oxygen atoms in total. The number of nitrogens with one attached hydrogen (secondary N) is 1. The third-order valence-corrected chi connectivity index (χ3v) is 6.27. The van der Waals surface area contributed by atoms with Crippen molar-refractivity contribution in [3.8, 4) is 5.75 Å². The molecule has 1 aliphatic heterocycles. The first-order valence-corrected chi connectivity index (χ1v) is 11.0. The van der Waals surface area contributed by atoms with Crippen molar-refractivity contribution in [1.82, 2.24) is 10.2 Å². The average molecular weight is 515 g/mol. The number of guanidine groups is 1. The summed E-state index contributed by atoms with van der Waals surface area (Å²) in [6.07, 6.45) is 8.80. The van der Waals surface area contributed by atoms with Gasteiger partial charge < -0.3 is 19.7 Å². The van der Waals surface area contributed by atoms with Crippen molar-refractivity contribution in [2.45, 2.75) is 58.0 Å². The van der Waals surface area contributed by atoms with Crippen LogP contribution in [0.15, 0.2) is 35.3 Å². The minimum Gasteiger partial charge on any atom is -0.490 e. The second-order valence-corrected chi connectivity index (χ2v) is 8.17. The number of hydrogen-bond acceptors (Lipinski definition) is 3. The molecule has 164 valence electrons. The predicted molar refractivity (Wildman–Crippen MR) is 130 cm³/mol. The first kappa shape index (κ1) is 24.3. The number of piperidine rings is 1. The molecule has 0 aromatic heterocycles. The summed E-state index contributed by atoms with van der Waals surface area (Å²) >= 11 is 0. The Morgan fingerprint density at radius 2 is 1.86 bits per heavy atom. The maximum Gasteiger partial charge on any atom is 0.193 e. The highest BCUT2D eigenvalue weighted by Gasteiger charge is 2.34. The molecule has 1 aliphatic carbocycles. The van der Waals surface area contributed by atoms with E-state index in [0.29, 0.717) is 11.5 Å². The van der Waals surface area contributed by atoms with Crippen molar-refractivity contribution in [1.29, 1.82) is 0 Å². The highest BCUT2D eigenvalue weighted by atomic mass is 127. The van der Waals surface area contributed by atoms with Gasteiger partial charge >= 0.3 is 0 Å². The zero-order valence-corrected chi connectivity index (χ0v) is 20.4. The third kappa shape index (κ3) is 7.31. The molecule has 0 bridgehead atoms. The molecule has 1 saturated carbocycles. The van der Waals surface area contributed by atoms with E-state index in [1.165, 1.54) is 25.7 Å². The van der Waals surface area contributed by atoms with Crippen LogP contribution >= 0.6 is 24.0 Å². The summed E-state index contributed by atoms with van der Waals surface area (Å²) in [5.41, 5.74) is 0.375. The Hall–Kier alpha value is -1.02. The number of halogens is 1. The van der Waals surface area contributed by atoms with Gasteiger partial charge in [-0.15, -0.1) is 24.0 Å². The molecule has 2 aliphatic rings. The van der Waals surface area contributed by atoms with E-state index in [-0.39, 0.29) is 24.0 Å². The molecule has 0 atom stereocenters. The number of hydrogen-bond donors (Lipinski definition) is 1. The highest BCUT2D eigenvalue weighted by Crippen LogP contribution is 2.40. The van der Waals surface area contributed by atoms with Gasteiger partial charge in [0.2, 0.25) is 0 Å². The van der Waals surface area contributed by atoms with Crippen LogP contribution in [-0.2, 0) is 4.74 Å². The molecule has 1 heterocycles. The summed E-state index contributed by atoms with van der Waals surface area (Å²) in [4.78, 5) is 6.95. The Balaban J connectivity index is 0.00000300. The van der Waals surface area contributed by atoms with Gasteiger partial charge in [0.1, 0.15) is 11.9 Å². The van der Waals surface area contributed by atoms with Crippen molar-refractivity contribution < 1.29 is 9.47 Å². The lowest BCUT2D eigenvalue weighted by Gasteiger charge is -2.36. The van der Waals surface area contributed by atoms with Crippen LogP contribution in [0.1, 0.15) is 51.9 Å². The van der Waals surface area contributed by atoms with Gasteiger partial charge in [-0.05, 0) is 43.7 Å². The molecule has 1 aromatic rings. The highest BCUT2D eigenvalue weighted by molar-refractivity contribution is 14.0. The smallest absolute Gasteiger partial charge is 0.193 e. The lowest BCUT2D eigenvalue weighted by atomic mass is 9.83. The van der Waals surface area contributed by atoms with Gasteiger partial charge in [-0.2, -0.15) is 0 Å². The topological polar surface area (TPSA) is 46.1 Å². The standard InChI is InChI=1S/C23H37N3O2.HI/c1-3-27-18-15-23(13-7-8-14-23)19-25-22(24-2)26-16-11-21(12-17-26)28-20-9-5-4-6-10-20;/h4-6,9-10,21H,3,7-8,11-19H2,1-2H3,(H,24,25);1H. The van der Waals surface area contributed by atoms with Gasteiger partial charge in [0.25, 0.3) is 0 Å². The molecular weight excluding hydrogens is 477 g/mol. The van der Waals surface area contributed by atoms with Crippen LogP contribution in [0, 0.1) is 5.41 Å². The SMILES string of the molecule is CCOCCC1(CNC(=NC)N2CCC(Oc3ccccc3)CC2)CCCC1.I. The molecule has 3 rings (SSSR count). The van der Waals surface area contributed by atoms with E-state index in [2.05, 4.69) is 22.1 Å². The predicted octanol–water partition coefficient (Wildman–Crippen LogP) is 4.71. The van der Waals surface area contributed by atoms with E-state index in [9.17, 15) is 0 Å². The van der Waals surface area contributed by atoms with Gasteiger partial charge in [0.05, 0.1) is 0 Å². The Labute approximate surface area is 193 Å². The average Bonchev–Trinajstić information content (AvgIpc) is 3.20. The number of rotatable bonds is 8. The van der Waals surface area contributed by atoms with Crippen LogP contribution in [0.3, 0.4) is 0 Å². The lowest BCUT2D eigenvalue weighted by molar-refractivity contribution is 0.103. The molecule has 0 radical (unpaired) electrons. The number of aliphatic imine (C=N–C) groups is 1. The van der Waals surface area contributed by atoms with Crippen LogP contribution < -0.4 is 10.1 Å². The van der Waals surface area contributed by atoms with Crippen LogP contribution in [0.2, 0.25) is 0 Å². The Morgan fingerprint density at radius 1 is 1.17 bits per heavy atom. The summed E-state index contributed by atoms with van der Waals surface area (Å²) in [5, 5.41) is 3.69. The second-order valence-electron chi connectivity index (χ2n) is 8.17.